The van der Waals surface area contributed by atoms with E-state index >= 15 is 0 Å². The van der Waals surface area contributed by atoms with Crippen molar-refractivity contribution in [3.05, 3.63) is 65.7 Å². The normalized spacial score (nSPS) is 24.2. The summed E-state index contributed by atoms with van der Waals surface area (Å²) in [6.45, 7) is 2.63. The number of para-hydroxylation sites is 1. The van der Waals surface area contributed by atoms with Crippen molar-refractivity contribution in [2.24, 2.45) is 0 Å². The molecule has 2 aliphatic rings. The maximum absolute atomic E-state index is 13.7. The number of fused-ring (bicyclic) bond motifs is 1. The molecular formula is C35H47N3O8. The zero-order chi connectivity index (χ0) is 32.8. The summed E-state index contributed by atoms with van der Waals surface area (Å²) in [5.41, 5.74) is 0.201. The summed E-state index contributed by atoms with van der Waals surface area (Å²) in [4.78, 5) is 54.1. The SMILES string of the molecule is COC[C@@H]1NC(=O)c2ccccc2OCCCCCCCCCOC[C@@H](C(=O)N[C@@H](Cc2ccccc2)C(=O)[C@@]2(C)CO2)NC1=O. The number of Topliss-reactive ketones (excluding diaryl/α,β-unsaturated/α-hetero) is 1. The Labute approximate surface area is 271 Å². The Morgan fingerprint density at radius 2 is 1.59 bits per heavy atom. The van der Waals surface area contributed by atoms with E-state index in [2.05, 4.69) is 16.0 Å². The molecule has 0 saturated carbocycles. The van der Waals surface area contributed by atoms with E-state index in [1.165, 1.54) is 7.11 Å². The number of hydrogen-bond acceptors (Lipinski definition) is 8. The molecule has 0 bridgehead atoms. The van der Waals surface area contributed by atoms with Crippen LogP contribution in [0.25, 0.3) is 0 Å². The lowest BCUT2D eigenvalue weighted by atomic mass is 9.94. The van der Waals surface area contributed by atoms with Crippen molar-refractivity contribution in [1.82, 2.24) is 16.0 Å². The molecule has 0 radical (unpaired) electrons. The molecule has 3 N–H and O–H groups in total. The van der Waals surface area contributed by atoms with Crippen LogP contribution in [-0.2, 0) is 35.0 Å². The first-order valence-electron chi connectivity index (χ1n) is 16.2. The summed E-state index contributed by atoms with van der Waals surface area (Å²) < 4.78 is 22.5. The standard InChI is InChI=1S/C35H47N3O8/c1-35(24-46-35)31(39)27(21-25-15-9-8-10-16-25)36-34(42)29-23-44-19-13-6-4-3-5-7-14-20-45-30-18-12-11-17-26(30)32(40)37-28(22-43-2)33(41)38-29/h8-12,15-18,27-29H,3-7,13-14,19-24H2,1-2H3,(H,36,42)(H,37,40)(H,38,41)/t27-,28-,29-,35+/m0/s1. The van der Waals surface area contributed by atoms with E-state index in [-0.39, 0.29) is 32.0 Å². The van der Waals surface area contributed by atoms with Gasteiger partial charge in [-0.1, -0.05) is 74.6 Å². The molecule has 46 heavy (non-hydrogen) atoms. The Bertz CT molecular complexity index is 1300. The van der Waals surface area contributed by atoms with E-state index in [4.69, 9.17) is 18.9 Å². The van der Waals surface area contributed by atoms with Crippen molar-refractivity contribution >= 4 is 23.5 Å². The van der Waals surface area contributed by atoms with Gasteiger partial charge < -0.3 is 34.9 Å². The second-order valence-electron chi connectivity index (χ2n) is 12.1. The van der Waals surface area contributed by atoms with Gasteiger partial charge in [-0.05, 0) is 43.9 Å². The number of rotatable bonds is 8. The number of ketones is 1. The van der Waals surface area contributed by atoms with Gasteiger partial charge in [0.1, 0.15) is 23.4 Å². The number of epoxide rings is 1. The zero-order valence-electron chi connectivity index (χ0n) is 26.9. The first-order chi connectivity index (χ1) is 22.3. The van der Waals surface area contributed by atoms with Crippen LogP contribution >= 0.6 is 0 Å². The van der Waals surface area contributed by atoms with Crippen LogP contribution in [0.2, 0.25) is 0 Å². The van der Waals surface area contributed by atoms with Crippen LogP contribution < -0.4 is 20.7 Å². The van der Waals surface area contributed by atoms with Gasteiger partial charge in [0.15, 0.2) is 5.78 Å². The first kappa shape index (κ1) is 35.1. The Morgan fingerprint density at radius 1 is 0.935 bits per heavy atom. The molecule has 250 valence electrons. The third-order valence-electron chi connectivity index (χ3n) is 8.21. The van der Waals surface area contributed by atoms with E-state index in [0.29, 0.717) is 24.5 Å². The minimum absolute atomic E-state index is 0.109. The molecule has 0 aliphatic carbocycles. The lowest BCUT2D eigenvalue weighted by molar-refractivity contribution is -0.134. The fourth-order valence-corrected chi connectivity index (χ4v) is 5.34. The van der Waals surface area contributed by atoms with Crippen molar-refractivity contribution in [3.63, 3.8) is 0 Å². The van der Waals surface area contributed by atoms with Crippen molar-refractivity contribution in [2.45, 2.75) is 82.0 Å². The quantitative estimate of drug-likeness (QED) is 0.375. The highest BCUT2D eigenvalue weighted by atomic mass is 16.6. The molecule has 4 rings (SSSR count). The number of benzene rings is 2. The number of hydrogen-bond donors (Lipinski definition) is 3. The molecule has 3 amide bonds. The highest BCUT2D eigenvalue weighted by Crippen LogP contribution is 2.29. The zero-order valence-corrected chi connectivity index (χ0v) is 26.9. The van der Waals surface area contributed by atoms with Gasteiger partial charge in [-0.2, -0.15) is 0 Å². The third-order valence-corrected chi connectivity index (χ3v) is 8.21. The van der Waals surface area contributed by atoms with Gasteiger partial charge in [0.05, 0.1) is 38.0 Å². The Kier molecular flexibility index (Phi) is 13.5. The minimum atomic E-state index is -1.14. The number of amides is 3. The highest BCUT2D eigenvalue weighted by molar-refractivity contribution is 6.01. The van der Waals surface area contributed by atoms with Gasteiger partial charge >= 0.3 is 0 Å². The molecular weight excluding hydrogens is 590 g/mol. The average Bonchev–Trinajstić information content (AvgIpc) is 3.82. The third kappa shape index (κ3) is 10.6. The van der Waals surface area contributed by atoms with Crippen LogP contribution in [0.5, 0.6) is 5.75 Å². The van der Waals surface area contributed by atoms with E-state index in [0.717, 1.165) is 50.5 Å². The second kappa shape index (κ2) is 17.8. The molecule has 2 aliphatic heterocycles. The molecule has 0 unspecified atom stereocenters. The summed E-state index contributed by atoms with van der Waals surface area (Å²) >= 11 is 0. The second-order valence-corrected chi connectivity index (χ2v) is 12.1. The van der Waals surface area contributed by atoms with E-state index in [1.807, 2.05) is 30.3 Å². The first-order valence-corrected chi connectivity index (χ1v) is 16.2. The van der Waals surface area contributed by atoms with Gasteiger partial charge in [-0.3, -0.25) is 19.2 Å². The van der Waals surface area contributed by atoms with Crippen molar-refractivity contribution in [3.8, 4) is 5.75 Å². The fraction of sp³-hybridized carbons (Fsp3) is 0.543. The molecule has 11 heteroatoms. The van der Waals surface area contributed by atoms with Crippen LogP contribution in [0, 0.1) is 0 Å². The van der Waals surface area contributed by atoms with Crippen LogP contribution in [0.15, 0.2) is 54.6 Å². The van der Waals surface area contributed by atoms with E-state index < -0.39 is 41.4 Å². The van der Waals surface area contributed by atoms with Crippen LogP contribution in [-0.4, -0.2) is 87.4 Å². The smallest absolute Gasteiger partial charge is 0.255 e. The van der Waals surface area contributed by atoms with Crippen LogP contribution in [0.4, 0.5) is 0 Å². The summed E-state index contributed by atoms with van der Waals surface area (Å²) in [6.07, 6.45) is 7.22. The lowest BCUT2D eigenvalue weighted by Crippen LogP contribution is -2.59. The van der Waals surface area contributed by atoms with E-state index in [9.17, 15) is 19.2 Å². The number of carbonyl (C=O) groups is 4. The van der Waals surface area contributed by atoms with Crippen molar-refractivity contribution < 1.29 is 38.1 Å². The molecule has 1 fully saturated rings. The molecule has 2 aromatic rings. The molecule has 2 aromatic carbocycles. The maximum Gasteiger partial charge on any atom is 0.255 e. The Balaban J connectivity index is 1.52. The predicted molar refractivity (Wildman–Crippen MR) is 172 cm³/mol. The predicted octanol–water partition coefficient (Wildman–Crippen LogP) is 3.14. The summed E-state index contributed by atoms with van der Waals surface area (Å²) in [5.74, 6) is -1.52. The lowest BCUT2D eigenvalue weighted by Gasteiger charge is -2.26. The summed E-state index contributed by atoms with van der Waals surface area (Å²) in [5, 5.41) is 8.32. The topological polar surface area (TPSA) is 145 Å². The molecule has 4 atom stereocenters. The van der Waals surface area contributed by atoms with Crippen molar-refractivity contribution in [1.29, 1.82) is 0 Å². The maximum atomic E-state index is 13.7. The summed E-state index contributed by atoms with van der Waals surface area (Å²) in [7, 11) is 1.42. The molecule has 11 nitrogen and oxygen atoms in total. The molecule has 2 heterocycles. The number of nitrogens with one attached hydrogen (secondary N) is 3. The van der Waals surface area contributed by atoms with Crippen LogP contribution in [0.3, 0.4) is 0 Å². The van der Waals surface area contributed by atoms with Gasteiger partial charge in [0, 0.05) is 13.7 Å². The summed E-state index contributed by atoms with van der Waals surface area (Å²) in [6, 6.07) is 13.1. The minimum Gasteiger partial charge on any atom is -0.493 e. The van der Waals surface area contributed by atoms with Crippen LogP contribution in [0.1, 0.15) is 67.8 Å². The largest absolute Gasteiger partial charge is 0.493 e. The van der Waals surface area contributed by atoms with Gasteiger partial charge in [-0.25, -0.2) is 0 Å². The monoisotopic (exact) mass is 637 g/mol. The molecule has 0 aromatic heterocycles. The van der Waals surface area contributed by atoms with Crippen molar-refractivity contribution in [2.75, 3.05) is 40.1 Å². The number of ether oxygens (including phenoxy) is 4. The Morgan fingerprint density at radius 3 is 2.28 bits per heavy atom. The van der Waals surface area contributed by atoms with Gasteiger partial charge in [0.25, 0.3) is 5.91 Å². The number of carbonyl (C=O) groups excluding carboxylic acids is 4. The van der Waals surface area contributed by atoms with Gasteiger partial charge in [-0.15, -0.1) is 0 Å². The fourth-order valence-electron chi connectivity index (χ4n) is 5.34. The highest BCUT2D eigenvalue weighted by Gasteiger charge is 2.50. The number of methoxy groups -OCH3 is 1. The molecule has 0 spiro atoms. The molecule has 1 saturated heterocycles. The van der Waals surface area contributed by atoms with Gasteiger partial charge in [0.2, 0.25) is 11.8 Å². The van der Waals surface area contributed by atoms with E-state index in [1.54, 1.807) is 31.2 Å². The Hall–Kier alpha value is -3.80. The average molecular weight is 638 g/mol.